The van der Waals surface area contributed by atoms with Gasteiger partial charge in [0, 0.05) is 24.5 Å². The van der Waals surface area contributed by atoms with Crippen LogP contribution < -0.4 is 14.4 Å². The van der Waals surface area contributed by atoms with Gasteiger partial charge in [-0.1, -0.05) is 91.3 Å². The maximum absolute atomic E-state index is 14.6. The van der Waals surface area contributed by atoms with Gasteiger partial charge < -0.3 is 15.0 Å². The number of carbonyl (C=O) groups excluding carboxylic acids is 2. The zero-order valence-electron chi connectivity index (χ0n) is 25.6. The molecular formula is C35H38ClN3O5S. The largest absolute Gasteiger partial charge is 0.495 e. The molecule has 0 heterocycles. The topological polar surface area (TPSA) is 96.0 Å². The molecule has 0 spiro atoms. The number of ether oxygens (including phenoxy) is 1. The highest BCUT2D eigenvalue weighted by atomic mass is 35.5. The minimum absolute atomic E-state index is 0.0142. The Hall–Kier alpha value is -4.34. The van der Waals surface area contributed by atoms with Crippen molar-refractivity contribution in [3.8, 4) is 5.75 Å². The maximum Gasteiger partial charge on any atom is 0.264 e. The number of nitrogens with one attached hydrogen (secondary N) is 1. The third kappa shape index (κ3) is 8.44. The Morgan fingerprint density at radius 3 is 2.20 bits per heavy atom. The van der Waals surface area contributed by atoms with Crippen LogP contribution in [0.4, 0.5) is 5.69 Å². The smallest absolute Gasteiger partial charge is 0.264 e. The van der Waals surface area contributed by atoms with Gasteiger partial charge in [-0.05, 0) is 60.4 Å². The molecule has 2 amide bonds. The highest BCUT2D eigenvalue weighted by molar-refractivity contribution is 7.92. The number of rotatable bonds is 14. The number of anilines is 1. The number of benzene rings is 4. The first kappa shape index (κ1) is 33.6. The summed E-state index contributed by atoms with van der Waals surface area (Å²) in [5.74, 6) is -0.635. The third-order valence-corrected chi connectivity index (χ3v) is 9.47. The second-order valence-electron chi connectivity index (χ2n) is 10.6. The van der Waals surface area contributed by atoms with Crippen LogP contribution in [-0.4, -0.2) is 51.4 Å². The molecule has 0 aliphatic heterocycles. The fourth-order valence-electron chi connectivity index (χ4n) is 4.96. The molecule has 4 rings (SSSR count). The van der Waals surface area contributed by atoms with Crippen molar-refractivity contribution in [3.05, 3.63) is 125 Å². The highest BCUT2D eigenvalue weighted by Gasteiger charge is 2.35. The zero-order chi connectivity index (χ0) is 32.4. The Labute approximate surface area is 270 Å². The summed E-state index contributed by atoms with van der Waals surface area (Å²) >= 11 is 6.55. The molecule has 1 atom stereocenters. The summed E-state index contributed by atoms with van der Waals surface area (Å²) < 4.78 is 35.1. The number of aryl methyl sites for hydroxylation is 1. The van der Waals surface area contributed by atoms with Gasteiger partial charge in [-0.15, -0.1) is 0 Å². The van der Waals surface area contributed by atoms with Crippen molar-refractivity contribution in [3.63, 3.8) is 0 Å². The zero-order valence-corrected chi connectivity index (χ0v) is 27.2. The number of methoxy groups -OCH3 is 1. The number of sulfonamides is 1. The van der Waals surface area contributed by atoms with E-state index < -0.39 is 28.5 Å². The van der Waals surface area contributed by atoms with Crippen LogP contribution in [0, 0.1) is 6.92 Å². The molecule has 10 heteroatoms. The fourth-order valence-corrected chi connectivity index (χ4v) is 6.59. The quantitative estimate of drug-likeness (QED) is 0.181. The Balaban J connectivity index is 1.85. The highest BCUT2D eigenvalue weighted by Crippen LogP contribution is 2.34. The lowest BCUT2D eigenvalue weighted by molar-refractivity contribution is -0.140. The lowest BCUT2D eigenvalue weighted by Crippen LogP contribution is -2.53. The molecule has 4 aromatic carbocycles. The summed E-state index contributed by atoms with van der Waals surface area (Å²) in [7, 11) is -2.81. The van der Waals surface area contributed by atoms with Crippen LogP contribution >= 0.6 is 11.6 Å². The van der Waals surface area contributed by atoms with E-state index in [2.05, 4.69) is 5.32 Å². The van der Waals surface area contributed by atoms with E-state index in [9.17, 15) is 18.0 Å². The molecule has 45 heavy (non-hydrogen) atoms. The lowest BCUT2D eigenvalue weighted by Gasteiger charge is -2.34. The van der Waals surface area contributed by atoms with Crippen molar-refractivity contribution in [2.24, 2.45) is 0 Å². The van der Waals surface area contributed by atoms with Gasteiger partial charge in [0.25, 0.3) is 10.0 Å². The molecule has 0 fully saturated rings. The van der Waals surface area contributed by atoms with Crippen LogP contribution in [0.25, 0.3) is 0 Å². The Morgan fingerprint density at radius 2 is 1.56 bits per heavy atom. The Kier molecular flexibility index (Phi) is 11.6. The average molecular weight is 648 g/mol. The van der Waals surface area contributed by atoms with Crippen LogP contribution in [0.3, 0.4) is 0 Å². The van der Waals surface area contributed by atoms with Gasteiger partial charge in [-0.3, -0.25) is 13.9 Å². The maximum atomic E-state index is 14.6. The predicted octanol–water partition coefficient (Wildman–Crippen LogP) is 6.02. The molecule has 0 saturated carbocycles. The van der Waals surface area contributed by atoms with Gasteiger partial charge in [-0.25, -0.2) is 8.42 Å². The molecule has 0 saturated heterocycles. The van der Waals surface area contributed by atoms with Crippen molar-refractivity contribution >= 4 is 39.1 Å². The van der Waals surface area contributed by atoms with Gasteiger partial charge in [0.2, 0.25) is 11.8 Å². The van der Waals surface area contributed by atoms with Crippen molar-refractivity contribution in [1.82, 2.24) is 10.2 Å². The fraction of sp³-hybridized carbons (Fsp3) is 0.257. The molecule has 8 nitrogen and oxygen atoms in total. The standard InChI is InChI=1S/C35H38ClN3O5S/c1-4-21-37-35(41)32(23-27-13-7-5-8-14-27)38(24-28-15-11-12-18-30(28)36)34(40)25-39(31-22-26(2)19-20-33(31)44-3)45(42,43)29-16-9-6-10-17-29/h5-20,22,32H,4,21,23-25H2,1-3H3,(H,37,41). The van der Waals surface area contributed by atoms with Crippen LogP contribution in [0.15, 0.2) is 108 Å². The first-order valence-electron chi connectivity index (χ1n) is 14.7. The first-order chi connectivity index (χ1) is 21.6. The molecule has 0 aliphatic carbocycles. The lowest BCUT2D eigenvalue weighted by atomic mass is 10.0. The SMILES string of the molecule is CCCNC(=O)C(Cc1ccccc1)N(Cc1ccccc1Cl)C(=O)CN(c1cc(C)ccc1OC)S(=O)(=O)c1ccccc1. The molecule has 0 aliphatic rings. The minimum atomic E-state index is -4.25. The van der Waals surface area contributed by atoms with E-state index in [4.69, 9.17) is 16.3 Å². The van der Waals surface area contributed by atoms with Crippen molar-refractivity contribution < 1.29 is 22.7 Å². The van der Waals surface area contributed by atoms with E-state index in [1.54, 1.807) is 60.7 Å². The van der Waals surface area contributed by atoms with E-state index in [1.165, 1.54) is 24.1 Å². The summed E-state index contributed by atoms with van der Waals surface area (Å²) in [5, 5.41) is 3.37. The third-order valence-electron chi connectivity index (χ3n) is 7.33. The normalized spacial score (nSPS) is 11.8. The monoisotopic (exact) mass is 647 g/mol. The minimum Gasteiger partial charge on any atom is -0.495 e. The second kappa shape index (κ2) is 15.6. The molecule has 0 radical (unpaired) electrons. The number of halogens is 1. The average Bonchev–Trinajstić information content (AvgIpc) is 3.05. The molecule has 236 valence electrons. The number of carbonyl (C=O) groups is 2. The van der Waals surface area contributed by atoms with Gasteiger partial charge in [0.15, 0.2) is 0 Å². The second-order valence-corrected chi connectivity index (χ2v) is 12.9. The van der Waals surface area contributed by atoms with Gasteiger partial charge >= 0.3 is 0 Å². The van der Waals surface area contributed by atoms with Gasteiger partial charge in [0.05, 0.1) is 17.7 Å². The number of nitrogens with zero attached hydrogens (tertiary/aromatic N) is 2. The van der Waals surface area contributed by atoms with E-state index in [0.717, 1.165) is 15.4 Å². The summed E-state index contributed by atoms with van der Waals surface area (Å²) in [6.07, 6.45) is 0.921. The molecule has 0 aromatic heterocycles. The number of amides is 2. The van der Waals surface area contributed by atoms with Crippen LogP contribution in [0.2, 0.25) is 5.02 Å². The summed E-state index contributed by atoms with van der Waals surface area (Å²) in [5.41, 5.74) is 2.46. The van der Waals surface area contributed by atoms with Crippen LogP contribution in [0.1, 0.15) is 30.0 Å². The summed E-state index contributed by atoms with van der Waals surface area (Å²) in [6.45, 7) is 3.59. The molecule has 4 aromatic rings. The van der Waals surface area contributed by atoms with E-state index in [0.29, 0.717) is 23.6 Å². The van der Waals surface area contributed by atoms with Crippen molar-refractivity contribution in [2.75, 3.05) is 24.5 Å². The Bertz CT molecular complexity index is 1700. The number of hydrogen-bond donors (Lipinski definition) is 1. The van der Waals surface area contributed by atoms with E-state index in [-0.39, 0.29) is 35.2 Å². The molecule has 1 N–H and O–H groups in total. The summed E-state index contributed by atoms with van der Waals surface area (Å²) in [4.78, 5) is 29.8. The van der Waals surface area contributed by atoms with Crippen LogP contribution in [-0.2, 0) is 32.6 Å². The molecule has 0 bridgehead atoms. The number of hydrogen-bond acceptors (Lipinski definition) is 5. The van der Waals surface area contributed by atoms with Gasteiger partial charge in [-0.2, -0.15) is 0 Å². The molecular weight excluding hydrogens is 610 g/mol. The van der Waals surface area contributed by atoms with E-state index in [1.807, 2.05) is 44.2 Å². The molecule has 1 unspecified atom stereocenters. The van der Waals surface area contributed by atoms with E-state index >= 15 is 0 Å². The predicted molar refractivity (Wildman–Crippen MR) is 178 cm³/mol. The first-order valence-corrected chi connectivity index (χ1v) is 16.5. The van der Waals surface area contributed by atoms with Crippen molar-refractivity contribution in [2.45, 2.75) is 44.2 Å². The van der Waals surface area contributed by atoms with Crippen LogP contribution in [0.5, 0.6) is 5.75 Å². The summed E-state index contributed by atoms with van der Waals surface area (Å²) in [6, 6.07) is 28.6. The van der Waals surface area contributed by atoms with Crippen molar-refractivity contribution in [1.29, 1.82) is 0 Å². The van der Waals surface area contributed by atoms with Gasteiger partial charge in [0.1, 0.15) is 18.3 Å². The Morgan fingerprint density at radius 1 is 0.911 bits per heavy atom.